The van der Waals surface area contributed by atoms with Crippen molar-refractivity contribution in [3.8, 4) is 5.75 Å². The third kappa shape index (κ3) is 4.43. The van der Waals surface area contributed by atoms with E-state index in [1.807, 2.05) is 48.5 Å². The third-order valence-electron chi connectivity index (χ3n) is 3.32. The van der Waals surface area contributed by atoms with E-state index >= 15 is 0 Å². The van der Waals surface area contributed by atoms with Crippen LogP contribution >= 0.6 is 24.0 Å². The number of rotatable bonds is 5. The molecule has 0 aromatic heterocycles. The molecule has 3 nitrogen and oxygen atoms in total. The highest BCUT2D eigenvalue weighted by Crippen LogP contribution is 2.26. The van der Waals surface area contributed by atoms with Crippen molar-refractivity contribution in [1.82, 2.24) is 5.32 Å². The van der Waals surface area contributed by atoms with Crippen molar-refractivity contribution in [2.24, 2.45) is 0 Å². The molecule has 0 aliphatic carbocycles. The van der Waals surface area contributed by atoms with E-state index in [9.17, 15) is 4.79 Å². The minimum absolute atomic E-state index is 0.136. The number of benzene rings is 2. The molecule has 1 saturated heterocycles. The SMILES string of the molecule is O=C1NC(=S)SC1=Cc1ccc(OCCc2ccccc2)cc1. The average Bonchev–Trinajstić information content (AvgIpc) is 2.88. The van der Waals surface area contributed by atoms with Gasteiger partial charge in [-0.2, -0.15) is 0 Å². The van der Waals surface area contributed by atoms with E-state index in [1.54, 1.807) is 0 Å². The second kappa shape index (κ2) is 7.44. The molecule has 116 valence electrons. The first-order valence-electron chi connectivity index (χ1n) is 7.22. The second-order valence-electron chi connectivity index (χ2n) is 5.01. The van der Waals surface area contributed by atoms with Crippen molar-refractivity contribution in [1.29, 1.82) is 0 Å². The smallest absolute Gasteiger partial charge is 0.263 e. The quantitative estimate of drug-likeness (QED) is 0.663. The Bertz CT molecular complexity index is 739. The third-order valence-corrected chi connectivity index (χ3v) is 4.48. The van der Waals surface area contributed by atoms with Crippen molar-refractivity contribution < 1.29 is 9.53 Å². The van der Waals surface area contributed by atoms with Gasteiger partial charge in [0.05, 0.1) is 11.5 Å². The Hall–Kier alpha value is -2.11. The molecule has 1 N–H and O–H groups in total. The number of hydrogen-bond acceptors (Lipinski definition) is 4. The lowest BCUT2D eigenvalue weighted by Gasteiger charge is -2.06. The monoisotopic (exact) mass is 341 g/mol. The highest BCUT2D eigenvalue weighted by molar-refractivity contribution is 8.26. The van der Waals surface area contributed by atoms with Crippen LogP contribution in [-0.4, -0.2) is 16.8 Å². The minimum Gasteiger partial charge on any atom is -0.493 e. The van der Waals surface area contributed by atoms with Crippen molar-refractivity contribution >= 4 is 40.3 Å². The molecule has 1 fully saturated rings. The van der Waals surface area contributed by atoms with Gasteiger partial charge in [-0.1, -0.05) is 66.4 Å². The number of thioether (sulfide) groups is 1. The molecular formula is C18H15NO2S2. The van der Waals surface area contributed by atoms with E-state index in [2.05, 4.69) is 17.4 Å². The predicted molar refractivity (Wildman–Crippen MR) is 98.4 cm³/mol. The molecule has 0 bridgehead atoms. The molecule has 0 unspecified atom stereocenters. The van der Waals surface area contributed by atoms with Crippen LogP contribution in [0.5, 0.6) is 5.75 Å². The number of hydrogen-bond donors (Lipinski definition) is 1. The fraction of sp³-hybridized carbons (Fsp3) is 0.111. The van der Waals surface area contributed by atoms with Crippen molar-refractivity contribution in [3.63, 3.8) is 0 Å². The molecule has 1 heterocycles. The number of amides is 1. The molecule has 1 amide bonds. The molecule has 0 saturated carbocycles. The summed E-state index contributed by atoms with van der Waals surface area (Å²) in [6.45, 7) is 0.636. The van der Waals surface area contributed by atoms with Gasteiger partial charge in [-0.3, -0.25) is 4.79 Å². The molecule has 0 radical (unpaired) electrons. The van der Waals surface area contributed by atoms with Gasteiger partial charge in [-0.05, 0) is 29.3 Å². The maximum atomic E-state index is 11.6. The molecule has 3 rings (SSSR count). The summed E-state index contributed by atoms with van der Waals surface area (Å²) in [6, 6.07) is 17.9. The molecule has 2 aromatic carbocycles. The molecule has 1 aliphatic heterocycles. The van der Waals surface area contributed by atoms with Crippen LogP contribution in [0.25, 0.3) is 6.08 Å². The zero-order chi connectivity index (χ0) is 16.1. The van der Waals surface area contributed by atoms with Crippen LogP contribution in [0.3, 0.4) is 0 Å². The molecule has 0 spiro atoms. The average molecular weight is 341 g/mol. The van der Waals surface area contributed by atoms with Crippen LogP contribution < -0.4 is 10.1 Å². The first-order valence-corrected chi connectivity index (χ1v) is 8.45. The minimum atomic E-state index is -0.136. The molecule has 5 heteroatoms. The maximum Gasteiger partial charge on any atom is 0.263 e. The fourth-order valence-corrected chi connectivity index (χ4v) is 3.21. The lowest BCUT2D eigenvalue weighted by atomic mass is 10.2. The van der Waals surface area contributed by atoms with Crippen LogP contribution in [0, 0.1) is 0 Å². The van der Waals surface area contributed by atoms with Gasteiger partial charge in [0.1, 0.15) is 10.1 Å². The zero-order valence-electron chi connectivity index (χ0n) is 12.3. The summed E-state index contributed by atoms with van der Waals surface area (Å²) >= 11 is 6.25. The van der Waals surface area contributed by atoms with Gasteiger partial charge in [0, 0.05) is 6.42 Å². The first-order chi connectivity index (χ1) is 11.2. The topological polar surface area (TPSA) is 38.3 Å². The Labute approximate surface area is 144 Å². The van der Waals surface area contributed by atoms with Gasteiger partial charge in [0.25, 0.3) is 5.91 Å². The summed E-state index contributed by atoms with van der Waals surface area (Å²) in [5, 5.41) is 2.60. The van der Waals surface area contributed by atoms with Crippen molar-refractivity contribution in [3.05, 3.63) is 70.6 Å². The van der Waals surface area contributed by atoms with E-state index in [-0.39, 0.29) is 5.91 Å². The van der Waals surface area contributed by atoms with Crippen LogP contribution in [0.1, 0.15) is 11.1 Å². The van der Waals surface area contributed by atoms with Crippen LogP contribution in [0.15, 0.2) is 59.5 Å². The Morgan fingerprint density at radius 2 is 1.83 bits per heavy atom. The van der Waals surface area contributed by atoms with E-state index < -0.39 is 0 Å². The molecule has 0 atom stereocenters. The Kier molecular flexibility index (Phi) is 5.10. The lowest BCUT2D eigenvalue weighted by molar-refractivity contribution is -0.115. The summed E-state index contributed by atoms with van der Waals surface area (Å²) in [5.41, 5.74) is 2.21. The lowest BCUT2D eigenvalue weighted by Crippen LogP contribution is -2.17. The first kappa shape index (κ1) is 15.8. The fourth-order valence-electron chi connectivity index (χ4n) is 2.16. The summed E-state index contributed by atoms with van der Waals surface area (Å²) < 4.78 is 6.25. The molecule has 1 aliphatic rings. The van der Waals surface area contributed by atoms with E-state index in [0.29, 0.717) is 15.8 Å². The Balaban J connectivity index is 1.56. The summed E-state index contributed by atoms with van der Waals surface area (Å²) in [7, 11) is 0. The zero-order valence-corrected chi connectivity index (χ0v) is 14.0. The number of carbonyl (C=O) groups is 1. The van der Waals surface area contributed by atoms with Gasteiger partial charge < -0.3 is 10.1 Å². The van der Waals surface area contributed by atoms with E-state index in [0.717, 1.165) is 17.7 Å². The van der Waals surface area contributed by atoms with Gasteiger partial charge in [0.2, 0.25) is 0 Å². The highest BCUT2D eigenvalue weighted by atomic mass is 32.2. The number of ether oxygens (including phenoxy) is 1. The van der Waals surface area contributed by atoms with Gasteiger partial charge in [-0.25, -0.2) is 0 Å². The number of nitrogens with one attached hydrogen (secondary N) is 1. The standard InChI is InChI=1S/C18H15NO2S2/c20-17-16(23-18(22)19-17)12-14-6-8-15(9-7-14)21-11-10-13-4-2-1-3-5-13/h1-9,12H,10-11H2,(H,19,20,22). The van der Waals surface area contributed by atoms with Crippen LogP contribution in [-0.2, 0) is 11.2 Å². The van der Waals surface area contributed by atoms with Gasteiger partial charge in [0.15, 0.2) is 0 Å². The van der Waals surface area contributed by atoms with E-state index in [4.69, 9.17) is 17.0 Å². The number of thiocarbonyl (C=S) groups is 1. The normalized spacial score (nSPS) is 15.7. The van der Waals surface area contributed by atoms with E-state index in [1.165, 1.54) is 17.3 Å². The largest absolute Gasteiger partial charge is 0.493 e. The van der Waals surface area contributed by atoms with Crippen LogP contribution in [0.4, 0.5) is 0 Å². The number of carbonyl (C=O) groups excluding carboxylic acids is 1. The molecule has 2 aromatic rings. The Morgan fingerprint density at radius 3 is 2.48 bits per heavy atom. The highest BCUT2D eigenvalue weighted by Gasteiger charge is 2.21. The maximum absolute atomic E-state index is 11.6. The molecule has 23 heavy (non-hydrogen) atoms. The summed E-state index contributed by atoms with van der Waals surface area (Å²) in [5.74, 6) is 0.685. The second-order valence-corrected chi connectivity index (χ2v) is 6.72. The van der Waals surface area contributed by atoms with Gasteiger partial charge in [-0.15, -0.1) is 0 Å². The summed E-state index contributed by atoms with van der Waals surface area (Å²) in [4.78, 5) is 12.2. The predicted octanol–water partition coefficient (Wildman–Crippen LogP) is 3.80. The van der Waals surface area contributed by atoms with Crippen molar-refractivity contribution in [2.75, 3.05) is 6.61 Å². The Morgan fingerprint density at radius 1 is 1.09 bits per heavy atom. The summed E-state index contributed by atoms with van der Waals surface area (Å²) in [6.07, 6.45) is 2.70. The molecular weight excluding hydrogens is 326 g/mol. The van der Waals surface area contributed by atoms with Gasteiger partial charge >= 0.3 is 0 Å². The van der Waals surface area contributed by atoms with Crippen molar-refractivity contribution in [2.45, 2.75) is 6.42 Å². The van der Waals surface area contributed by atoms with Crippen LogP contribution in [0.2, 0.25) is 0 Å².